The quantitative estimate of drug-likeness (QED) is 0.154. The third-order valence-electron chi connectivity index (χ3n) is 7.63. The largest absolute Gasteiger partial charge is 0.458 e. The zero-order valence-electron chi connectivity index (χ0n) is 30.7. The monoisotopic (exact) mass is 680 g/mol. The van der Waals surface area contributed by atoms with E-state index >= 15 is 0 Å². The van der Waals surface area contributed by atoms with Crippen LogP contribution in [0.15, 0.2) is 48.5 Å². The Morgan fingerprint density at radius 3 is 1.98 bits per heavy atom. The number of hydrogen-bond donors (Lipinski definition) is 3. The molecular formula is C38H56N4O7. The van der Waals surface area contributed by atoms with Crippen LogP contribution in [0.25, 0.3) is 0 Å². The molecule has 0 aliphatic rings. The van der Waals surface area contributed by atoms with Gasteiger partial charge >= 0.3 is 12.1 Å². The van der Waals surface area contributed by atoms with Crippen LogP contribution in [0.1, 0.15) is 109 Å². The number of unbranched alkanes of at least 4 members (excludes halogenated alkanes) is 3. The maximum absolute atomic E-state index is 14.6. The molecule has 4 amide bonds. The molecule has 2 aromatic carbocycles. The SMILES string of the molecule is CCCCCCN(C(=O)C(CC(N)=O)NC(=O)OC(C)(C)C)C(C(=O)NC(Cc1ccccc1)C(=O)OC(C)(C)C)c1ccc(C)c(C)c1. The van der Waals surface area contributed by atoms with Crippen LogP contribution in [0, 0.1) is 13.8 Å². The molecule has 0 fully saturated rings. The Morgan fingerprint density at radius 1 is 0.796 bits per heavy atom. The molecule has 0 bridgehead atoms. The van der Waals surface area contributed by atoms with Crippen LogP contribution >= 0.6 is 0 Å². The van der Waals surface area contributed by atoms with Crippen molar-refractivity contribution in [1.82, 2.24) is 15.5 Å². The standard InChI is InChI=1S/C38H56N4O7/c1-10-11-12-16-21-42(34(45)29(24-31(39)43)41-36(47)49-38(7,8)9)32(28-20-19-25(2)26(3)22-28)33(44)40-30(35(46)48-37(4,5)6)23-27-17-14-13-15-18-27/h13-15,17-20,22,29-30,32H,10-12,16,21,23-24H2,1-9H3,(H2,39,43)(H,40,44)(H,41,47). The minimum Gasteiger partial charge on any atom is -0.458 e. The molecule has 49 heavy (non-hydrogen) atoms. The van der Waals surface area contributed by atoms with Gasteiger partial charge < -0.3 is 30.7 Å². The molecule has 0 aliphatic carbocycles. The Kier molecular flexibility index (Phi) is 15.3. The topological polar surface area (TPSA) is 157 Å². The molecule has 0 aromatic heterocycles. The van der Waals surface area contributed by atoms with Crippen molar-refractivity contribution < 1.29 is 33.4 Å². The second-order valence-electron chi connectivity index (χ2n) is 14.5. The van der Waals surface area contributed by atoms with Gasteiger partial charge in [0.25, 0.3) is 0 Å². The Hall–Kier alpha value is -4.41. The molecule has 3 unspecified atom stereocenters. The Labute approximate surface area is 291 Å². The zero-order chi connectivity index (χ0) is 36.9. The van der Waals surface area contributed by atoms with E-state index < -0.39 is 65.5 Å². The summed E-state index contributed by atoms with van der Waals surface area (Å²) in [5.74, 6) is -2.74. The molecule has 0 aliphatic heterocycles. The molecule has 0 saturated heterocycles. The van der Waals surface area contributed by atoms with Crippen molar-refractivity contribution in [2.75, 3.05) is 6.54 Å². The third kappa shape index (κ3) is 14.3. The smallest absolute Gasteiger partial charge is 0.408 e. The van der Waals surface area contributed by atoms with Gasteiger partial charge in [0.15, 0.2) is 0 Å². The molecule has 11 nitrogen and oxygen atoms in total. The lowest BCUT2D eigenvalue weighted by atomic mass is 9.97. The molecule has 0 radical (unpaired) electrons. The van der Waals surface area contributed by atoms with Crippen LogP contribution in [0.3, 0.4) is 0 Å². The van der Waals surface area contributed by atoms with Crippen LogP contribution in [0.4, 0.5) is 4.79 Å². The summed E-state index contributed by atoms with van der Waals surface area (Å²) in [6.07, 6.45) is 1.89. The number of alkyl carbamates (subject to hydrolysis) is 1. The summed E-state index contributed by atoms with van der Waals surface area (Å²) in [6.45, 7) is 16.3. The van der Waals surface area contributed by atoms with Crippen molar-refractivity contribution in [3.8, 4) is 0 Å². The predicted octanol–water partition coefficient (Wildman–Crippen LogP) is 5.59. The number of benzene rings is 2. The average Bonchev–Trinajstić information content (AvgIpc) is 2.97. The third-order valence-corrected chi connectivity index (χ3v) is 7.63. The van der Waals surface area contributed by atoms with E-state index in [1.807, 2.05) is 56.3 Å². The van der Waals surface area contributed by atoms with Crippen LogP contribution in [0.2, 0.25) is 0 Å². The van der Waals surface area contributed by atoms with Gasteiger partial charge in [-0.3, -0.25) is 14.4 Å². The number of ether oxygens (including phenoxy) is 2. The van der Waals surface area contributed by atoms with Gasteiger partial charge in [0, 0.05) is 13.0 Å². The highest BCUT2D eigenvalue weighted by Crippen LogP contribution is 2.27. The number of esters is 1. The molecular weight excluding hydrogens is 624 g/mol. The van der Waals surface area contributed by atoms with E-state index in [9.17, 15) is 24.0 Å². The highest BCUT2D eigenvalue weighted by atomic mass is 16.6. The number of aryl methyl sites for hydroxylation is 2. The Balaban J connectivity index is 2.68. The number of nitrogens with zero attached hydrogens (tertiary/aromatic N) is 1. The minimum atomic E-state index is -1.41. The second-order valence-corrected chi connectivity index (χ2v) is 14.5. The van der Waals surface area contributed by atoms with Crippen molar-refractivity contribution in [3.05, 3.63) is 70.8 Å². The van der Waals surface area contributed by atoms with Crippen LogP contribution < -0.4 is 16.4 Å². The maximum atomic E-state index is 14.6. The molecule has 4 N–H and O–H groups in total. The lowest BCUT2D eigenvalue weighted by Gasteiger charge is -2.35. The van der Waals surface area contributed by atoms with E-state index in [1.54, 1.807) is 47.6 Å². The molecule has 0 heterocycles. The molecule has 2 rings (SSSR count). The number of primary amides is 1. The lowest BCUT2D eigenvalue weighted by Crippen LogP contribution is -2.55. The molecule has 0 saturated carbocycles. The van der Waals surface area contributed by atoms with Gasteiger partial charge in [0.1, 0.15) is 29.3 Å². The average molecular weight is 681 g/mol. The van der Waals surface area contributed by atoms with Gasteiger partial charge in [-0.15, -0.1) is 0 Å². The first-order chi connectivity index (χ1) is 22.8. The number of carbonyl (C=O) groups is 5. The molecule has 0 spiro atoms. The van der Waals surface area contributed by atoms with Gasteiger partial charge in [-0.05, 0) is 84.1 Å². The van der Waals surface area contributed by atoms with E-state index in [4.69, 9.17) is 15.2 Å². The van der Waals surface area contributed by atoms with E-state index in [0.717, 1.165) is 36.0 Å². The van der Waals surface area contributed by atoms with Crippen molar-refractivity contribution in [1.29, 1.82) is 0 Å². The van der Waals surface area contributed by atoms with Crippen LogP contribution in [-0.4, -0.2) is 64.5 Å². The fraction of sp³-hybridized carbons (Fsp3) is 0.553. The van der Waals surface area contributed by atoms with E-state index in [-0.39, 0.29) is 13.0 Å². The summed E-state index contributed by atoms with van der Waals surface area (Å²) < 4.78 is 11.1. The molecule has 2 aromatic rings. The fourth-order valence-corrected chi connectivity index (χ4v) is 5.20. The Bertz CT molecular complexity index is 1430. The second kappa shape index (κ2) is 18.4. The lowest BCUT2D eigenvalue weighted by molar-refractivity contribution is -0.159. The molecule has 11 heteroatoms. The number of carbonyl (C=O) groups excluding carboxylic acids is 5. The number of hydrogen-bond acceptors (Lipinski definition) is 7. The molecule has 3 atom stereocenters. The molecule has 270 valence electrons. The number of nitrogens with one attached hydrogen (secondary N) is 2. The van der Waals surface area contributed by atoms with Gasteiger partial charge in [-0.1, -0.05) is 74.7 Å². The van der Waals surface area contributed by atoms with E-state index in [1.165, 1.54) is 4.90 Å². The zero-order valence-corrected chi connectivity index (χ0v) is 30.7. The number of amides is 4. The van der Waals surface area contributed by atoms with Crippen LogP contribution in [-0.2, 0) is 35.1 Å². The number of nitrogens with two attached hydrogens (primary N) is 1. The summed E-state index contributed by atoms with van der Waals surface area (Å²) in [5, 5.41) is 5.41. The first-order valence-corrected chi connectivity index (χ1v) is 17.0. The summed E-state index contributed by atoms with van der Waals surface area (Å²) in [6, 6.07) is 11.0. The highest BCUT2D eigenvalue weighted by Gasteiger charge is 2.39. The normalized spacial score (nSPS) is 13.4. The van der Waals surface area contributed by atoms with Crippen molar-refractivity contribution in [2.45, 2.75) is 130 Å². The van der Waals surface area contributed by atoms with Gasteiger partial charge in [0.2, 0.25) is 17.7 Å². The Morgan fingerprint density at radius 2 is 1.43 bits per heavy atom. The highest BCUT2D eigenvalue weighted by molar-refractivity contribution is 5.95. The minimum absolute atomic E-state index is 0.130. The summed E-state index contributed by atoms with van der Waals surface area (Å²) >= 11 is 0. The fourth-order valence-electron chi connectivity index (χ4n) is 5.20. The summed E-state index contributed by atoms with van der Waals surface area (Å²) in [7, 11) is 0. The predicted molar refractivity (Wildman–Crippen MR) is 189 cm³/mol. The number of rotatable bonds is 16. The van der Waals surface area contributed by atoms with Gasteiger partial charge in [0.05, 0.1) is 6.42 Å². The first kappa shape index (κ1) is 40.8. The van der Waals surface area contributed by atoms with Crippen LogP contribution in [0.5, 0.6) is 0 Å². The van der Waals surface area contributed by atoms with E-state index in [0.29, 0.717) is 12.0 Å². The van der Waals surface area contributed by atoms with Crippen molar-refractivity contribution in [3.63, 3.8) is 0 Å². The summed E-state index contributed by atoms with van der Waals surface area (Å²) in [5.41, 5.74) is 7.04. The maximum Gasteiger partial charge on any atom is 0.408 e. The van der Waals surface area contributed by atoms with E-state index in [2.05, 4.69) is 17.6 Å². The van der Waals surface area contributed by atoms with Gasteiger partial charge in [-0.2, -0.15) is 0 Å². The van der Waals surface area contributed by atoms with Crippen molar-refractivity contribution >= 4 is 29.8 Å². The first-order valence-electron chi connectivity index (χ1n) is 17.0. The van der Waals surface area contributed by atoms with Gasteiger partial charge in [-0.25, -0.2) is 9.59 Å². The summed E-state index contributed by atoms with van der Waals surface area (Å²) in [4.78, 5) is 69.0. The van der Waals surface area contributed by atoms with Crippen molar-refractivity contribution in [2.24, 2.45) is 5.73 Å².